The van der Waals surface area contributed by atoms with Gasteiger partial charge < -0.3 is 79.0 Å². The molecule has 3 aromatic carbocycles. The fraction of sp³-hybridized carbons (Fsp3) is 0.516. The van der Waals surface area contributed by atoms with E-state index in [1.807, 2.05) is 46.8 Å². The lowest BCUT2D eigenvalue weighted by atomic mass is 9.39. The van der Waals surface area contributed by atoms with Crippen LogP contribution in [0.1, 0.15) is 95.6 Å². The third-order valence-corrected chi connectivity index (χ3v) is 19.0. The predicted octanol–water partition coefficient (Wildman–Crippen LogP) is 6.43. The maximum atomic E-state index is 14.1. The van der Waals surface area contributed by atoms with Gasteiger partial charge in [0, 0.05) is 86.0 Å². The summed E-state index contributed by atoms with van der Waals surface area (Å²) in [6.07, 6.45) is -2.47. The number of hydrogen-bond acceptors (Lipinski definition) is 21. The number of aromatic carboxylic acids is 1. The number of aliphatic carboxylic acids is 1. The van der Waals surface area contributed by atoms with Gasteiger partial charge in [-0.3, -0.25) is 14.8 Å². The SMILES string of the molecule is COCCN(CCOC12CC3(C)CC(C)(CC(Cn4ncc(-c5ccc(N6CCc7c(OC)ccc(C(=O)Nc8nc9ccccc9s8)c7C6)nc5C(=O)O)c4C)(C3)C1)C2)C(=O)OCc1ccc(OCCOCCN)cc1O[C@@H]1O[C@H](C(=O)O)[C@@H](O)[C@H](O)[C@H]1O. The van der Waals surface area contributed by atoms with Crippen molar-refractivity contribution < 1.29 is 82.6 Å². The number of aliphatic hydroxyl groups is 3. The molecule has 2 aliphatic heterocycles. The van der Waals surface area contributed by atoms with Crippen LogP contribution >= 0.6 is 11.3 Å². The van der Waals surface area contributed by atoms with Crippen LogP contribution in [-0.4, -0.2) is 184 Å². The molecule has 2 amide bonds. The predicted molar refractivity (Wildman–Crippen MR) is 328 cm³/mol. The molecule has 6 aromatic rings. The number of aliphatic hydroxyl groups excluding tert-OH is 3. The Hall–Kier alpha value is -7.53. The molecule has 12 rings (SSSR count). The zero-order chi connectivity index (χ0) is 63.7. The quantitative estimate of drug-likeness (QED) is 0.0288. The number of rotatable bonds is 26. The summed E-state index contributed by atoms with van der Waals surface area (Å²) in [6, 6.07) is 19.5. The van der Waals surface area contributed by atoms with Crippen molar-refractivity contribution in [2.45, 2.75) is 122 Å². The molecule has 1 saturated heterocycles. The Morgan fingerprint density at radius 2 is 1.61 bits per heavy atom. The Balaban J connectivity index is 0.767. The van der Waals surface area contributed by atoms with Crippen LogP contribution in [0.25, 0.3) is 21.3 Å². The number of fused-ring (bicyclic) bond motifs is 2. The third-order valence-electron chi connectivity index (χ3n) is 18.1. The lowest BCUT2D eigenvalue weighted by Gasteiger charge is -2.69. The van der Waals surface area contributed by atoms with Crippen LogP contribution in [0, 0.1) is 23.2 Å². The molecule has 0 spiro atoms. The number of nitrogens with zero attached hydrogens (tertiary/aromatic N) is 6. The minimum absolute atomic E-state index is 0.0220. The number of thiazole rings is 1. The minimum Gasteiger partial charge on any atom is -0.496 e. The summed E-state index contributed by atoms with van der Waals surface area (Å²) in [5.74, 6) is -1.69. The van der Waals surface area contributed by atoms with Gasteiger partial charge in [0.2, 0.25) is 6.29 Å². The van der Waals surface area contributed by atoms with Gasteiger partial charge in [-0.05, 0) is 122 Å². The molecule has 25 nitrogen and oxygen atoms in total. The Kier molecular flexibility index (Phi) is 18.7. The normalized spacial score (nSPS) is 25.8. The number of hydrogen-bond donors (Lipinski definition) is 7. The maximum Gasteiger partial charge on any atom is 0.410 e. The largest absolute Gasteiger partial charge is 0.496 e. The van der Waals surface area contributed by atoms with Crippen LogP contribution < -0.4 is 30.2 Å². The van der Waals surface area contributed by atoms with Crippen molar-refractivity contribution >= 4 is 56.4 Å². The van der Waals surface area contributed by atoms with Gasteiger partial charge in [0.15, 0.2) is 16.9 Å². The van der Waals surface area contributed by atoms with Gasteiger partial charge in [-0.15, -0.1) is 0 Å². The highest BCUT2D eigenvalue weighted by Crippen LogP contribution is 2.72. The first-order valence-electron chi connectivity index (χ1n) is 30.2. The van der Waals surface area contributed by atoms with Gasteiger partial charge in [0.25, 0.3) is 5.91 Å². The number of pyridine rings is 1. The highest BCUT2D eigenvalue weighted by molar-refractivity contribution is 7.22. The van der Waals surface area contributed by atoms with Crippen LogP contribution in [0.2, 0.25) is 0 Å². The number of anilines is 2. The average molecular weight is 1260 g/mol. The topological polar surface area (TPSA) is 331 Å². The highest BCUT2D eigenvalue weighted by Gasteiger charge is 2.66. The summed E-state index contributed by atoms with van der Waals surface area (Å²) in [4.78, 5) is 66.0. The summed E-state index contributed by atoms with van der Waals surface area (Å²) in [5.41, 5.74) is 9.67. The number of para-hydroxylation sites is 1. The van der Waals surface area contributed by atoms with E-state index in [-0.39, 0.29) is 97.6 Å². The number of carbonyl (C=O) groups excluding carboxylic acids is 2. The summed E-state index contributed by atoms with van der Waals surface area (Å²) in [7, 11) is 3.13. The van der Waals surface area contributed by atoms with Crippen molar-refractivity contribution in [3.63, 3.8) is 0 Å². The smallest absolute Gasteiger partial charge is 0.410 e. The maximum absolute atomic E-state index is 14.1. The lowest BCUT2D eigenvalue weighted by Crippen LogP contribution is -2.64. The van der Waals surface area contributed by atoms with E-state index < -0.39 is 54.3 Å². The van der Waals surface area contributed by atoms with Crippen LogP contribution in [0.5, 0.6) is 17.2 Å². The Morgan fingerprint density at radius 1 is 0.833 bits per heavy atom. The van der Waals surface area contributed by atoms with Crippen LogP contribution in [0.15, 0.2) is 72.9 Å². The van der Waals surface area contributed by atoms with Gasteiger partial charge in [-0.1, -0.05) is 37.3 Å². The fourth-order valence-corrected chi connectivity index (χ4v) is 16.2. The number of aromatic nitrogens is 4. The number of carboxylic acids is 2. The summed E-state index contributed by atoms with van der Waals surface area (Å²) < 4.78 is 49.7. The number of benzene rings is 3. The molecule has 8 N–H and O–H groups in total. The molecule has 6 aliphatic rings. The number of methoxy groups -OCH3 is 2. The number of carbonyl (C=O) groups is 4. The monoisotopic (exact) mass is 1260 g/mol. The van der Waals surface area contributed by atoms with Crippen molar-refractivity contribution in [1.29, 1.82) is 0 Å². The molecule has 26 heteroatoms. The Bertz CT molecular complexity index is 3590. The molecule has 7 atom stereocenters. The van der Waals surface area contributed by atoms with Gasteiger partial charge in [-0.2, -0.15) is 5.10 Å². The van der Waals surface area contributed by atoms with Crippen molar-refractivity contribution in [1.82, 2.24) is 24.6 Å². The molecule has 5 heterocycles. The molecule has 5 fully saturated rings. The Labute approximate surface area is 523 Å². The van der Waals surface area contributed by atoms with Gasteiger partial charge in [0.1, 0.15) is 54.6 Å². The second kappa shape index (κ2) is 26.4. The number of nitrogens with two attached hydrogens (primary N) is 1. The van der Waals surface area contributed by atoms with E-state index in [1.54, 1.807) is 43.6 Å². The molecule has 4 aliphatic carbocycles. The average Bonchev–Trinajstić information content (AvgIpc) is 0.727. The Morgan fingerprint density at radius 3 is 2.34 bits per heavy atom. The van der Waals surface area contributed by atoms with Gasteiger partial charge in [-0.25, -0.2) is 24.4 Å². The van der Waals surface area contributed by atoms with Crippen LogP contribution in [0.3, 0.4) is 0 Å². The van der Waals surface area contributed by atoms with E-state index in [1.165, 1.54) is 29.4 Å². The fourth-order valence-electron chi connectivity index (χ4n) is 15.3. The minimum atomic E-state index is -1.94. The van der Waals surface area contributed by atoms with Crippen molar-refractivity contribution in [3.8, 4) is 28.4 Å². The molecular formula is C64H78N8O17S. The van der Waals surface area contributed by atoms with E-state index in [9.17, 15) is 44.7 Å². The molecule has 4 saturated carbocycles. The van der Waals surface area contributed by atoms with Crippen LogP contribution in [0.4, 0.5) is 15.7 Å². The second-order valence-electron chi connectivity index (χ2n) is 25.2. The van der Waals surface area contributed by atoms with E-state index >= 15 is 0 Å². The highest BCUT2D eigenvalue weighted by atomic mass is 32.1. The summed E-state index contributed by atoms with van der Waals surface area (Å²) in [6.45, 7) is 9.40. The molecule has 4 bridgehead atoms. The van der Waals surface area contributed by atoms with E-state index in [0.29, 0.717) is 66.1 Å². The van der Waals surface area contributed by atoms with E-state index in [0.717, 1.165) is 65.6 Å². The molecular weight excluding hydrogens is 1180 g/mol. The number of ether oxygens (including phenoxy) is 8. The van der Waals surface area contributed by atoms with Gasteiger partial charge in [0.05, 0.1) is 55.6 Å². The van der Waals surface area contributed by atoms with E-state index in [2.05, 4.69) is 24.1 Å². The first kappa shape index (κ1) is 64.0. The molecule has 3 aromatic heterocycles. The van der Waals surface area contributed by atoms with E-state index in [4.69, 9.17) is 53.7 Å². The first-order chi connectivity index (χ1) is 43.1. The number of nitrogens with one attached hydrogen (secondary N) is 1. The van der Waals surface area contributed by atoms with Crippen molar-refractivity contribution in [3.05, 3.63) is 107 Å². The van der Waals surface area contributed by atoms with Crippen molar-refractivity contribution in [2.24, 2.45) is 22.0 Å². The van der Waals surface area contributed by atoms with Crippen LogP contribution in [-0.2, 0) is 54.6 Å². The standard InChI is InChI=1S/C64H78N8O17S/c1-37-43(41-13-15-49(68-50(41)56(77)78)71-18-16-40-44(28-71)42(12-14-46(40)83-5)55(76)69-59-67-45-8-6-7-9-48(45)90-59)27-66-72(37)36-63-31-61(2)30-62(3,32-63)34-64(33-61,35-63)87-23-20-70(19-22-82-4)60(81)86-29-38-10-11-39(85-25-24-84-21-17-65)26-47(38)88-58-53(75)51(73)52(74)54(89-58)57(79)80/h6-15,26-27,51-54,58,73-75H,16-25,28-36,65H2,1-5H3,(H,77,78)(H,79,80)(H,67,69,76)/t51-,52-,53+,54-,58+,61?,62?,63?,64?/m0/s1. The molecule has 482 valence electrons. The van der Waals surface area contributed by atoms with Gasteiger partial charge >= 0.3 is 18.0 Å². The summed E-state index contributed by atoms with van der Waals surface area (Å²) >= 11 is 1.39. The lowest BCUT2D eigenvalue weighted by molar-refractivity contribution is -0.271. The second-order valence-corrected chi connectivity index (χ2v) is 26.2. The molecule has 90 heavy (non-hydrogen) atoms. The summed E-state index contributed by atoms with van der Waals surface area (Å²) in [5, 5.41) is 60.5. The first-order valence-corrected chi connectivity index (χ1v) is 31.0. The molecule has 0 radical (unpaired) electrons. The molecule has 2 unspecified atom stereocenters. The zero-order valence-electron chi connectivity index (χ0n) is 51.1. The number of carboxylic acid groups (broad SMARTS) is 2. The zero-order valence-corrected chi connectivity index (χ0v) is 51.9. The third kappa shape index (κ3) is 13.4. The number of amides is 2. The van der Waals surface area contributed by atoms with Crippen molar-refractivity contribution in [2.75, 3.05) is 83.6 Å².